The molecule has 25 heavy (non-hydrogen) atoms. The van der Waals surface area contributed by atoms with Gasteiger partial charge in [-0.1, -0.05) is 36.4 Å². The Morgan fingerprint density at radius 3 is 2.32 bits per heavy atom. The zero-order valence-electron chi connectivity index (χ0n) is 13.4. The van der Waals surface area contributed by atoms with Crippen LogP contribution in [0.1, 0.15) is 36.9 Å². The lowest BCUT2D eigenvalue weighted by Gasteiger charge is -2.09. The van der Waals surface area contributed by atoms with Crippen LogP contribution in [0.3, 0.4) is 0 Å². The minimum atomic E-state index is -0.887. The molecule has 0 saturated carbocycles. The normalized spacial score (nSPS) is 10.5. The van der Waals surface area contributed by atoms with Crippen LogP contribution in [0.5, 0.6) is 0 Å². The summed E-state index contributed by atoms with van der Waals surface area (Å²) in [6.07, 6.45) is 2.77. The number of carbonyl (C=O) groups excluding carboxylic acids is 3. The molecule has 0 saturated heterocycles. The smallest absolute Gasteiger partial charge is 0.357 e. The summed E-state index contributed by atoms with van der Waals surface area (Å²) in [5, 5.41) is 0. The summed E-state index contributed by atoms with van der Waals surface area (Å²) in [6, 6.07) is 9.05. The first kappa shape index (κ1) is 18.2. The molecule has 0 spiro atoms. The Bertz CT molecular complexity index is 863. The van der Waals surface area contributed by atoms with E-state index in [0.717, 1.165) is 19.8 Å². The SMILES string of the molecule is COC(=O)c1nc(=S)[nH]c(C(=O)OC)c1C(=O)/C=C/c1ccccc1. The van der Waals surface area contributed by atoms with Gasteiger partial charge in [-0.3, -0.25) is 4.79 Å². The summed E-state index contributed by atoms with van der Waals surface area (Å²) < 4.78 is 9.12. The van der Waals surface area contributed by atoms with Crippen molar-refractivity contribution >= 4 is 36.0 Å². The summed E-state index contributed by atoms with van der Waals surface area (Å²) in [6.45, 7) is 0. The third-order valence-electron chi connectivity index (χ3n) is 3.17. The van der Waals surface area contributed by atoms with Gasteiger partial charge in [0.15, 0.2) is 16.2 Å². The van der Waals surface area contributed by atoms with Crippen molar-refractivity contribution in [2.24, 2.45) is 0 Å². The quantitative estimate of drug-likeness (QED) is 0.380. The number of nitrogens with one attached hydrogen (secondary N) is 1. The van der Waals surface area contributed by atoms with E-state index in [4.69, 9.17) is 12.2 Å². The predicted molar refractivity (Wildman–Crippen MR) is 91.9 cm³/mol. The van der Waals surface area contributed by atoms with Crippen molar-refractivity contribution in [2.45, 2.75) is 0 Å². The predicted octanol–water partition coefficient (Wildman–Crippen LogP) is 2.61. The monoisotopic (exact) mass is 358 g/mol. The largest absolute Gasteiger partial charge is 0.464 e. The van der Waals surface area contributed by atoms with E-state index in [-0.39, 0.29) is 21.7 Å². The molecule has 0 unspecified atom stereocenters. The van der Waals surface area contributed by atoms with Crippen LogP contribution in [0.15, 0.2) is 36.4 Å². The molecule has 0 radical (unpaired) electrons. The number of benzene rings is 1. The second kappa shape index (κ2) is 8.11. The third-order valence-corrected chi connectivity index (χ3v) is 3.37. The summed E-state index contributed by atoms with van der Waals surface area (Å²) in [5.74, 6) is -2.36. The minimum absolute atomic E-state index is 0.149. The topological polar surface area (TPSA) is 98.3 Å². The van der Waals surface area contributed by atoms with Crippen molar-refractivity contribution in [3.63, 3.8) is 0 Å². The number of esters is 2. The Labute approximate surface area is 148 Å². The van der Waals surface area contributed by atoms with E-state index in [1.165, 1.54) is 6.08 Å². The highest BCUT2D eigenvalue weighted by Crippen LogP contribution is 2.16. The first-order valence-electron chi connectivity index (χ1n) is 7.06. The molecule has 0 amide bonds. The number of carbonyl (C=O) groups is 3. The Morgan fingerprint density at radius 2 is 1.72 bits per heavy atom. The maximum Gasteiger partial charge on any atom is 0.357 e. The zero-order valence-corrected chi connectivity index (χ0v) is 14.3. The number of nitrogens with zero attached hydrogens (tertiary/aromatic N) is 1. The van der Waals surface area contributed by atoms with Gasteiger partial charge in [0.2, 0.25) is 0 Å². The Balaban J connectivity index is 2.58. The molecule has 0 atom stereocenters. The fraction of sp³-hybridized carbons (Fsp3) is 0.118. The molecular weight excluding hydrogens is 344 g/mol. The number of hydrogen-bond donors (Lipinski definition) is 1. The maximum absolute atomic E-state index is 12.6. The number of hydrogen-bond acceptors (Lipinski definition) is 7. The van der Waals surface area contributed by atoms with E-state index in [2.05, 4.69) is 19.4 Å². The lowest BCUT2D eigenvalue weighted by molar-refractivity contribution is 0.0583. The van der Waals surface area contributed by atoms with Gasteiger partial charge < -0.3 is 14.5 Å². The molecule has 8 heteroatoms. The molecule has 2 rings (SSSR count). The van der Waals surface area contributed by atoms with E-state index in [1.807, 2.05) is 18.2 Å². The summed E-state index contributed by atoms with van der Waals surface area (Å²) in [4.78, 5) is 42.9. The van der Waals surface area contributed by atoms with Gasteiger partial charge in [0, 0.05) is 0 Å². The van der Waals surface area contributed by atoms with Crippen LogP contribution >= 0.6 is 12.2 Å². The summed E-state index contributed by atoms with van der Waals surface area (Å²) in [7, 11) is 2.28. The standard InChI is InChI=1S/C17H14N2O5S/c1-23-15(21)13-12(14(16(22)24-2)19-17(25)18-13)11(20)9-8-10-6-4-3-5-7-10/h3-9H,1-2H3,(H,18,19,25)/b9-8+. The first-order valence-corrected chi connectivity index (χ1v) is 7.47. The number of ether oxygens (including phenoxy) is 2. The van der Waals surface area contributed by atoms with Gasteiger partial charge in [-0.25, -0.2) is 14.6 Å². The molecule has 0 bridgehead atoms. The number of aromatic nitrogens is 2. The van der Waals surface area contributed by atoms with Crippen molar-refractivity contribution in [1.82, 2.24) is 9.97 Å². The van der Waals surface area contributed by atoms with Gasteiger partial charge in [0.1, 0.15) is 5.69 Å². The van der Waals surface area contributed by atoms with E-state index >= 15 is 0 Å². The third kappa shape index (κ3) is 4.24. The second-order valence-electron chi connectivity index (χ2n) is 4.73. The summed E-state index contributed by atoms with van der Waals surface area (Å²) in [5.41, 5.74) is -0.105. The first-order chi connectivity index (χ1) is 12.0. The highest BCUT2D eigenvalue weighted by Gasteiger charge is 2.26. The van der Waals surface area contributed by atoms with Crippen LogP contribution in [0, 0.1) is 4.77 Å². The highest BCUT2D eigenvalue weighted by molar-refractivity contribution is 7.71. The van der Waals surface area contributed by atoms with Gasteiger partial charge in [-0.15, -0.1) is 0 Å². The van der Waals surface area contributed by atoms with Gasteiger partial charge in [0.25, 0.3) is 0 Å². The number of rotatable bonds is 5. The molecule has 0 aliphatic rings. The van der Waals surface area contributed by atoms with E-state index in [1.54, 1.807) is 18.2 Å². The number of aromatic amines is 1. The van der Waals surface area contributed by atoms with Crippen LogP contribution in [0.25, 0.3) is 6.08 Å². The van der Waals surface area contributed by atoms with Crippen molar-refractivity contribution < 1.29 is 23.9 Å². The van der Waals surface area contributed by atoms with Crippen molar-refractivity contribution in [3.8, 4) is 0 Å². The lowest BCUT2D eigenvalue weighted by Crippen LogP contribution is -2.20. The van der Waals surface area contributed by atoms with Gasteiger partial charge in [0.05, 0.1) is 19.8 Å². The molecular formula is C17H14N2O5S. The van der Waals surface area contributed by atoms with E-state index < -0.39 is 17.7 Å². The Morgan fingerprint density at radius 1 is 1.08 bits per heavy atom. The van der Waals surface area contributed by atoms with Crippen LogP contribution in [-0.2, 0) is 9.47 Å². The Kier molecular flexibility index (Phi) is 5.91. The van der Waals surface area contributed by atoms with Crippen molar-refractivity contribution in [1.29, 1.82) is 0 Å². The Hall–Kier alpha value is -3.13. The fourth-order valence-electron chi connectivity index (χ4n) is 2.03. The average molecular weight is 358 g/mol. The number of methoxy groups -OCH3 is 2. The molecule has 1 aromatic carbocycles. The minimum Gasteiger partial charge on any atom is -0.464 e. The van der Waals surface area contributed by atoms with Crippen LogP contribution in [0.2, 0.25) is 0 Å². The highest BCUT2D eigenvalue weighted by atomic mass is 32.1. The van der Waals surface area contributed by atoms with Crippen LogP contribution in [-0.4, -0.2) is 41.9 Å². The summed E-state index contributed by atoms with van der Waals surface area (Å²) >= 11 is 4.90. The van der Waals surface area contributed by atoms with Crippen molar-refractivity contribution in [2.75, 3.05) is 14.2 Å². The van der Waals surface area contributed by atoms with Crippen LogP contribution < -0.4 is 0 Å². The number of allylic oxidation sites excluding steroid dienone is 1. The van der Waals surface area contributed by atoms with Crippen molar-refractivity contribution in [3.05, 3.63) is 63.7 Å². The van der Waals surface area contributed by atoms with Gasteiger partial charge >= 0.3 is 11.9 Å². The van der Waals surface area contributed by atoms with Gasteiger partial charge in [-0.2, -0.15) is 0 Å². The van der Waals surface area contributed by atoms with Gasteiger partial charge in [-0.05, 0) is 23.9 Å². The van der Waals surface area contributed by atoms with E-state index in [0.29, 0.717) is 0 Å². The molecule has 128 valence electrons. The average Bonchev–Trinajstić information content (AvgIpc) is 2.64. The molecule has 1 heterocycles. The molecule has 1 aromatic heterocycles. The number of H-pyrrole nitrogens is 1. The zero-order chi connectivity index (χ0) is 18.4. The second-order valence-corrected chi connectivity index (χ2v) is 5.12. The molecule has 0 aliphatic heterocycles. The van der Waals surface area contributed by atoms with Crippen LogP contribution in [0.4, 0.5) is 0 Å². The fourth-order valence-corrected chi connectivity index (χ4v) is 2.23. The number of ketones is 1. The molecule has 0 aliphatic carbocycles. The molecule has 0 fully saturated rings. The van der Waals surface area contributed by atoms with E-state index in [9.17, 15) is 14.4 Å². The molecule has 1 N–H and O–H groups in total. The molecule has 7 nitrogen and oxygen atoms in total. The lowest BCUT2D eigenvalue weighted by atomic mass is 10.0. The molecule has 2 aromatic rings. The maximum atomic E-state index is 12.6.